The highest BCUT2D eigenvalue weighted by atomic mass is 35.5. The van der Waals surface area contributed by atoms with E-state index in [4.69, 9.17) is 0 Å². The number of carbonyl (C=O) groups excluding carboxylic acids is 1. The van der Waals surface area contributed by atoms with Crippen LogP contribution in [0.5, 0.6) is 0 Å². The Morgan fingerprint density at radius 3 is 2.61 bits per heavy atom. The van der Waals surface area contributed by atoms with E-state index in [1.807, 2.05) is 11.8 Å². The lowest BCUT2D eigenvalue weighted by molar-refractivity contribution is -0.116. The second kappa shape index (κ2) is 9.55. The van der Waals surface area contributed by atoms with Gasteiger partial charge in [-0.05, 0) is 29.0 Å². The zero-order valence-corrected chi connectivity index (χ0v) is 16.2. The molecule has 23 heavy (non-hydrogen) atoms. The van der Waals surface area contributed by atoms with Gasteiger partial charge in [0, 0.05) is 36.2 Å². The van der Waals surface area contributed by atoms with E-state index in [1.165, 1.54) is 11.1 Å². The van der Waals surface area contributed by atoms with Crippen molar-refractivity contribution in [2.24, 2.45) is 0 Å². The summed E-state index contributed by atoms with van der Waals surface area (Å²) in [6, 6.07) is 6.72. The molecule has 1 aromatic carbocycles. The summed E-state index contributed by atoms with van der Waals surface area (Å²) in [5.74, 6) is 3.19. The topological polar surface area (TPSA) is 41.1 Å². The fraction of sp³-hybridized carbons (Fsp3) is 0.611. The summed E-state index contributed by atoms with van der Waals surface area (Å²) in [5, 5.41) is 6.53. The molecule has 1 fully saturated rings. The molecule has 0 bridgehead atoms. The molecule has 5 heteroatoms. The number of thioether (sulfide) groups is 1. The van der Waals surface area contributed by atoms with E-state index in [-0.39, 0.29) is 18.3 Å². The molecule has 130 valence electrons. The van der Waals surface area contributed by atoms with Gasteiger partial charge in [0.2, 0.25) is 5.91 Å². The van der Waals surface area contributed by atoms with Crippen LogP contribution in [0.4, 0.5) is 5.69 Å². The highest BCUT2D eigenvalue weighted by Gasteiger charge is 2.18. The Morgan fingerprint density at radius 1 is 1.30 bits per heavy atom. The Labute approximate surface area is 150 Å². The number of rotatable bonds is 5. The third-order valence-electron chi connectivity index (χ3n) is 4.07. The van der Waals surface area contributed by atoms with E-state index in [2.05, 4.69) is 56.5 Å². The first-order valence-corrected chi connectivity index (χ1v) is 9.37. The molecule has 2 N–H and O–H groups in total. The van der Waals surface area contributed by atoms with Crippen LogP contribution in [0.3, 0.4) is 0 Å². The average molecular weight is 357 g/mol. The maximum atomic E-state index is 12.3. The van der Waals surface area contributed by atoms with Crippen LogP contribution < -0.4 is 10.6 Å². The van der Waals surface area contributed by atoms with Gasteiger partial charge < -0.3 is 10.6 Å². The van der Waals surface area contributed by atoms with Crippen LogP contribution in [0.25, 0.3) is 0 Å². The number of amides is 1. The van der Waals surface area contributed by atoms with Gasteiger partial charge >= 0.3 is 0 Å². The SMILES string of the molecule is CC(C)c1ccc(NC(=O)CC2CSCCN2)c(C(C)C)c1.Cl. The number of nitrogens with one attached hydrogen (secondary N) is 2. The molecule has 0 spiro atoms. The predicted octanol–water partition coefficient (Wildman–Crippen LogP) is 4.39. The second-order valence-corrected chi connectivity index (χ2v) is 7.78. The van der Waals surface area contributed by atoms with Crippen LogP contribution in [0.2, 0.25) is 0 Å². The van der Waals surface area contributed by atoms with Crippen molar-refractivity contribution >= 4 is 35.8 Å². The number of benzene rings is 1. The minimum Gasteiger partial charge on any atom is -0.326 e. The Hall–Kier alpha value is -0.710. The van der Waals surface area contributed by atoms with E-state index in [1.54, 1.807) is 0 Å². The van der Waals surface area contributed by atoms with Crippen molar-refractivity contribution in [3.63, 3.8) is 0 Å². The fourth-order valence-electron chi connectivity index (χ4n) is 2.71. The molecule has 2 rings (SSSR count). The summed E-state index contributed by atoms with van der Waals surface area (Å²) in [7, 11) is 0. The lowest BCUT2D eigenvalue weighted by Gasteiger charge is -2.23. The molecule has 0 aliphatic carbocycles. The molecular weight excluding hydrogens is 328 g/mol. The summed E-state index contributed by atoms with van der Waals surface area (Å²) < 4.78 is 0. The fourth-order valence-corrected chi connectivity index (χ4v) is 3.66. The lowest BCUT2D eigenvalue weighted by atomic mass is 9.94. The molecule has 1 heterocycles. The monoisotopic (exact) mass is 356 g/mol. The maximum absolute atomic E-state index is 12.3. The maximum Gasteiger partial charge on any atom is 0.225 e. The van der Waals surface area contributed by atoms with E-state index >= 15 is 0 Å². The standard InChI is InChI=1S/C18H28N2OS.ClH/c1-12(2)14-5-6-17(16(9-14)13(3)4)20-18(21)10-15-11-22-8-7-19-15;/h5-6,9,12-13,15,19H,7-8,10-11H2,1-4H3,(H,20,21);1H. The van der Waals surface area contributed by atoms with Gasteiger partial charge in [0.25, 0.3) is 0 Å². The van der Waals surface area contributed by atoms with Gasteiger partial charge in [0.1, 0.15) is 0 Å². The van der Waals surface area contributed by atoms with Crippen molar-refractivity contribution < 1.29 is 4.79 Å². The molecule has 0 radical (unpaired) electrons. The Morgan fingerprint density at radius 2 is 2.04 bits per heavy atom. The summed E-state index contributed by atoms with van der Waals surface area (Å²) >= 11 is 1.92. The molecule has 0 saturated carbocycles. The van der Waals surface area contributed by atoms with Crippen LogP contribution in [0.15, 0.2) is 18.2 Å². The van der Waals surface area contributed by atoms with E-state index in [9.17, 15) is 4.79 Å². The van der Waals surface area contributed by atoms with Gasteiger partial charge in [0.05, 0.1) is 0 Å². The van der Waals surface area contributed by atoms with Crippen LogP contribution >= 0.6 is 24.2 Å². The van der Waals surface area contributed by atoms with E-state index < -0.39 is 0 Å². The van der Waals surface area contributed by atoms with Crippen molar-refractivity contribution in [3.8, 4) is 0 Å². The molecule has 3 nitrogen and oxygen atoms in total. The first-order valence-electron chi connectivity index (χ1n) is 8.22. The molecule has 1 atom stereocenters. The van der Waals surface area contributed by atoms with Crippen LogP contribution in [0.1, 0.15) is 57.1 Å². The van der Waals surface area contributed by atoms with Gasteiger partial charge in [-0.3, -0.25) is 4.79 Å². The van der Waals surface area contributed by atoms with Crippen molar-refractivity contribution in [3.05, 3.63) is 29.3 Å². The summed E-state index contributed by atoms with van der Waals surface area (Å²) in [6.45, 7) is 9.75. The summed E-state index contributed by atoms with van der Waals surface area (Å²) in [6.07, 6.45) is 0.552. The van der Waals surface area contributed by atoms with Gasteiger partial charge in [-0.25, -0.2) is 0 Å². The summed E-state index contributed by atoms with van der Waals surface area (Å²) in [5.41, 5.74) is 3.52. The number of halogens is 1. The van der Waals surface area contributed by atoms with Crippen molar-refractivity contribution in [1.82, 2.24) is 5.32 Å². The van der Waals surface area contributed by atoms with Gasteiger partial charge in [-0.2, -0.15) is 11.8 Å². The van der Waals surface area contributed by atoms with Gasteiger partial charge in [-0.15, -0.1) is 12.4 Å². The molecule has 1 aliphatic rings. The molecule has 1 aliphatic heterocycles. The molecule has 1 saturated heterocycles. The zero-order valence-electron chi connectivity index (χ0n) is 14.5. The minimum absolute atomic E-state index is 0. The molecule has 0 aromatic heterocycles. The highest BCUT2D eigenvalue weighted by Crippen LogP contribution is 2.28. The summed E-state index contributed by atoms with van der Waals surface area (Å²) in [4.78, 5) is 12.3. The van der Waals surface area contributed by atoms with Crippen molar-refractivity contribution in [1.29, 1.82) is 0 Å². The smallest absolute Gasteiger partial charge is 0.225 e. The molecule has 1 unspecified atom stereocenters. The van der Waals surface area contributed by atoms with Crippen molar-refractivity contribution in [2.75, 3.05) is 23.4 Å². The van der Waals surface area contributed by atoms with Gasteiger partial charge in [0.15, 0.2) is 0 Å². The highest BCUT2D eigenvalue weighted by molar-refractivity contribution is 7.99. The number of hydrogen-bond donors (Lipinski definition) is 2. The van der Waals surface area contributed by atoms with E-state index in [0.717, 1.165) is 23.7 Å². The van der Waals surface area contributed by atoms with Crippen LogP contribution in [-0.4, -0.2) is 30.0 Å². The Kier molecular flexibility index (Phi) is 8.45. The Bertz CT molecular complexity index is 514. The molecule has 1 aromatic rings. The van der Waals surface area contributed by atoms with Crippen LogP contribution in [-0.2, 0) is 4.79 Å². The average Bonchev–Trinajstić information content (AvgIpc) is 2.48. The van der Waals surface area contributed by atoms with Gasteiger partial charge in [-0.1, -0.05) is 39.8 Å². The first kappa shape index (κ1) is 20.3. The largest absolute Gasteiger partial charge is 0.326 e. The lowest BCUT2D eigenvalue weighted by Crippen LogP contribution is -2.40. The predicted molar refractivity (Wildman–Crippen MR) is 104 cm³/mol. The quantitative estimate of drug-likeness (QED) is 0.822. The number of carbonyl (C=O) groups is 1. The first-order chi connectivity index (χ1) is 10.5. The Balaban J connectivity index is 0.00000264. The normalized spacial score (nSPS) is 17.9. The van der Waals surface area contributed by atoms with E-state index in [0.29, 0.717) is 24.3 Å². The van der Waals surface area contributed by atoms with Crippen LogP contribution in [0, 0.1) is 0 Å². The minimum atomic E-state index is 0. The third kappa shape index (κ3) is 6.02. The zero-order chi connectivity index (χ0) is 16.1. The molecular formula is C18H29ClN2OS. The third-order valence-corrected chi connectivity index (χ3v) is 5.20. The number of anilines is 1. The second-order valence-electron chi connectivity index (χ2n) is 6.63. The van der Waals surface area contributed by atoms with Crippen molar-refractivity contribution in [2.45, 2.75) is 52.0 Å². The molecule has 1 amide bonds. The number of hydrogen-bond acceptors (Lipinski definition) is 3.